The number of aromatic nitrogens is 1. The van der Waals surface area contributed by atoms with Gasteiger partial charge in [0.1, 0.15) is 10.6 Å². The highest BCUT2D eigenvalue weighted by Crippen LogP contribution is 2.39. The van der Waals surface area contributed by atoms with Crippen molar-refractivity contribution in [3.05, 3.63) is 74.4 Å². The number of amides is 4. The Morgan fingerprint density at radius 3 is 2.50 bits per heavy atom. The Morgan fingerprint density at radius 1 is 1.08 bits per heavy atom. The van der Waals surface area contributed by atoms with Gasteiger partial charge in [-0.25, -0.2) is 14.5 Å². The Morgan fingerprint density at radius 2 is 1.79 bits per heavy atom. The van der Waals surface area contributed by atoms with Gasteiger partial charge in [0, 0.05) is 16.3 Å². The van der Waals surface area contributed by atoms with Crippen LogP contribution in [-0.4, -0.2) is 35.0 Å². The first-order valence-electron chi connectivity index (χ1n) is 12.7. The van der Waals surface area contributed by atoms with E-state index in [4.69, 9.17) is 4.74 Å². The molecule has 1 aromatic carbocycles. The molecule has 38 heavy (non-hydrogen) atoms. The number of urea groups is 1. The third kappa shape index (κ3) is 4.36. The van der Waals surface area contributed by atoms with E-state index in [0.717, 1.165) is 58.1 Å². The lowest BCUT2D eigenvalue weighted by Crippen LogP contribution is -2.54. The predicted octanol–water partition coefficient (Wildman–Crippen LogP) is 5.19. The molecule has 1 fully saturated rings. The molecule has 1 aliphatic carbocycles. The van der Waals surface area contributed by atoms with Gasteiger partial charge in [0.25, 0.3) is 11.8 Å². The van der Waals surface area contributed by atoms with E-state index in [1.807, 2.05) is 31.4 Å². The molecule has 196 valence electrons. The number of carbonyl (C=O) groups excluding carboxylic acids is 4. The average Bonchev–Trinajstić information content (AvgIpc) is 3.38. The molecule has 0 saturated carbocycles. The Labute approximate surface area is 224 Å². The fourth-order valence-corrected chi connectivity index (χ4v) is 6.60. The van der Waals surface area contributed by atoms with Gasteiger partial charge in [-0.3, -0.25) is 14.9 Å². The molecule has 3 aromatic rings. The number of imide groups is 2. The summed E-state index contributed by atoms with van der Waals surface area (Å²) in [7, 11) is 0. The maximum Gasteiger partial charge on any atom is 0.341 e. The molecule has 9 heteroatoms. The van der Waals surface area contributed by atoms with Crippen LogP contribution in [0.1, 0.15) is 63.1 Å². The van der Waals surface area contributed by atoms with Gasteiger partial charge in [-0.2, -0.15) is 0 Å². The Kier molecular flexibility index (Phi) is 6.79. The number of barbiturate groups is 1. The van der Waals surface area contributed by atoms with Crippen LogP contribution in [0.5, 0.6) is 0 Å². The summed E-state index contributed by atoms with van der Waals surface area (Å²) in [6, 6.07) is 8.03. The van der Waals surface area contributed by atoms with Gasteiger partial charge in [-0.1, -0.05) is 17.7 Å². The van der Waals surface area contributed by atoms with E-state index >= 15 is 0 Å². The van der Waals surface area contributed by atoms with Crippen molar-refractivity contribution in [2.45, 2.75) is 53.4 Å². The smallest absolute Gasteiger partial charge is 0.341 e. The van der Waals surface area contributed by atoms with E-state index in [2.05, 4.69) is 5.32 Å². The number of carbonyl (C=O) groups is 4. The minimum absolute atomic E-state index is 0.137. The third-order valence-electron chi connectivity index (χ3n) is 7.00. The number of benzene rings is 1. The van der Waals surface area contributed by atoms with Gasteiger partial charge >= 0.3 is 12.0 Å². The summed E-state index contributed by atoms with van der Waals surface area (Å²) >= 11 is 1.60. The van der Waals surface area contributed by atoms with Crippen molar-refractivity contribution in [1.82, 2.24) is 9.88 Å². The summed E-state index contributed by atoms with van der Waals surface area (Å²) in [5.41, 5.74) is 5.18. The van der Waals surface area contributed by atoms with E-state index in [0.29, 0.717) is 16.8 Å². The number of nitrogens with one attached hydrogen (secondary N) is 1. The van der Waals surface area contributed by atoms with Gasteiger partial charge in [0.15, 0.2) is 0 Å². The van der Waals surface area contributed by atoms with Crippen LogP contribution in [0.15, 0.2) is 35.9 Å². The lowest BCUT2D eigenvalue weighted by atomic mass is 9.95. The van der Waals surface area contributed by atoms with Crippen molar-refractivity contribution in [3.63, 3.8) is 0 Å². The first-order chi connectivity index (χ1) is 18.2. The van der Waals surface area contributed by atoms with Gasteiger partial charge in [0.05, 0.1) is 17.9 Å². The lowest BCUT2D eigenvalue weighted by Gasteiger charge is -2.26. The number of aryl methyl sites for hydroxylation is 3. The van der Waals surface area contributed by atoms with Gasteiger partial charge in [-0.15, -0.1) is 11.3 Å². The number of thiophene rings is 1. The topological polar surface area (TPSA) is 97.7 Å². The average molecular weight is 532 g/mol. The Balaban J connectivity index is 1.58. The largest absolute Gasteiger partial charge is 0.462 e. The van der Waals surface area contributed by atoms with E-state index in [1.165, 1.54) is 11.0 Å². The molecular weight excluding hydrogens is 502 g/mol. The second kappa shape index (κ2) is 10.1. The van der Waals surface area contributed by atoms with Crippen LogP contribution in [0.4, 0.5) is 10.5 Å². The zero-order valence-corrected chi connectivity index (χ0v) is 22.7. The molecule has 8 nitrogen and oxygen atoms in total. The molecule has 1 saturated heterocycles. The first-order valence-corrected chi connectivity index (χ1v) is 13.5. The standard InChI is InChI=1S/C29H29N3O5S/c1-5-37-28(35)24-21-8-6-7-9-23(21)38-27(24)31-17(3)14-19(18(31)4)15-22-25(33)30-29(36)32(26(22)34)20-12-10-16(2)11-13-20/h10-15H,5-9H2,1-4H3,(H,30,33,36)/b22-15+. The summed E-state index contributed by atoms with van der Waals surface area (Å²) in [4.78, 5) is 53.9. The molecule has 4 amide bonds. The minimum Gasteiger partial charge on any atom is -0.462 e. The van der Waals surface area contributed by atoms with Crippen molar-refractivity contribution in [2.75, 3.05) is 11.5 Å². The summed E-state index contributed by atoms with van der Waals surface area (Å²) in [6.45, 7) is 7.81. The van der Waals surface area contributed by atoms with Crippen LogP contribution in [0, 0.1) is 20.8 Å². The van der Waals surface area contributed by atoms with Crippen LogP contribution < -0.4 is 10.2 Å². The van der Waals surface area contributed by atoms with Crippen LogP contribution in [0.2, 0.25) is 0 Å². The van der Waals surface area contributed by atoms with Crippen molar-refractivity contribution in [2.24, 2.45) is 0 Å². The monoisotopic (exact) mass is 531 g/mol. The number of fused-ring (bicyclic) bond motifs is 1. The molecule has 3 heterocycles. The summed E-state index contributed by atoms with van der Waals surface area (Å²) in [6.07, 6.45) is 5.41. The second-order valence-corrected chi connectivity index (χ2v) is 10.7. The maximum atomic E-state index is 13.4. The van der Waals surface area contributed by atoms with Crippen LogP contribution in [0.3, 0.4) is 0 Å². The molecule has 0 atom stereocenters. The van der Waals surface area contributed by atoms with Crippen LogP contribution >= 0.6 is 11.3 Å². The summed E-state index contributed by atoms with van der Waals surface area (Å²) < 4.78 is 7.43. The van der Waals surface area contributed by atoms with Crippen molar-refractivity contribution in [3.8, 4) is 5.00 Å². The van der Waals surface area contributed by atoms with Crippen molar-refractivity contribution >= 4 is 46.9 Å². The number of anilines is 1. The predicted molar refractivity (Wildman–Crippen MR) is 146 cm³/mol. The molecular formula is C29H29N3O5S. The van der Waals surface area contributed by atoms with Crippen LogP contribution in [-0.2, 0) is 27.2 Å². The minimum atomic E-state index is -0.783. The molecule has 2 aliphatic rings. The highest BCUT2D eigenvalue weighted by atomic mass is 32.1. The molecule has 2 aromatic heterocycles. The molecule has 1 aliphatic heterocycles. The van der Waals surface area contributed by atoms with E-state index in [-0.39, 0.29) is 18.1 Å². The normalized spacial score (nSPS) is 16.6. The number of nitrogens with zero attached hydrogens (tertiary/aromatic N) is 2. The van der Waals surface area contributed by atoms with Crippen molar-refractivity contribution < 1.29 is 23.9 Å². The highest BCUT2D eigenvalue weighted by Gasteiger charge is 2.37. The fourth-order valence-electron chi connectivity index (χ4n) is 5.11. The fraction of sp³-hybridized carbons (Fsp3) is 0.310. The van der Waals surface area contributed by atoms with Crippen molar-refractivity contribution in [1.29, 1.82) is 0 Å². The SMILES string of the molecule is CCOC(=O)c1c(-n2c(C)cc(/C=C3\C(=O)NC(=O)N(c4ccc(C)cc4)C3=O)c2C)sc2c1CCCC2. The highest BCUT2D eigenvalue weighted by molar-refractivity contribution is 7.15. The van der Waals surface area contributed by atoms with E-state index < -0.39 is 17.8 Å². The van der Waals surface area contributed by atoms with E-state index in [1.54, 1.807) is 42.5 Å². The second-order valence-electron chi connectivity index (χ2n) is 9.57. The Hall–Kier alpha value is -3.98. The van der Waals surface area contributed by atoms with Gasteiger partial charge < -0.3 is 9.30 Å². The van der Waals surface area contributed by atoms with E-state index in [9.17, 15) is 19.2 Å². The lowest BCUT2D eigenvalue weighted by molar-refractivity contribution is -0.122. The Bertz CT molecular complexity index is 1510. The summed E-state index contributed by atoms with van der Waals surface area (Å²) in [5.74, 6) is -1.76. The quantitative estimate of drug-likeness (QED) is 0.278. The third-order valence-corrected chi connectivity index (χ3v) is 8.28. The molecule has 0 unspecified atom stereocenters. The zero-order chi connectivity index (χ0) is 27.1. The molecule has 0 bridgehead atoms. The van der Waals surface area contributed by atoms with Gasteiger partial charge in [-0.05, 0) is 88.8 Å². The first kappa shape index (κ1) is 25.7. The zero-order valence-electron chi connectivity index (χ0n) is 21.8. The van der Waals surface area contributed by atoms with Gasteiger partial charge in [0.2, 0.25) is 0 Å². The number of esters is 1. The molecule has 0 radical (unpaired) electrons. The number of hydrogen-bond acceptors (Lipinski definition) is 6. The molecule has 5 rings (SSSR count). The molecule has 1 N–H and O–H groups in total. The maximum absolute atomic E-state index is 13.4. The molecule has 0 spiro atoms. The number of ether oxygens (including phenoxy) is 1. The van der Waals surface area contributed by atoms with Crippen LogP contribution in [0.25, 0.3) is 11.1 Å². The number of hydrogen-bond donors (Lipinski definition) is 1. The number of rotatable bonds is 5. The summed E-state index contributed by atoms with van der Waals surface area (Å²) in [5, 5.41) is 3.08.